The van der Waals surface area contributed by atoms with Gasteiger partial charge in [-0.05, 0) is 81.5 Å². The lowest BCUT2D eigenvalue weighted by Gasteiger charge is -2.09. The predicted octanol–water partition coefficient (Wildman–Crippen LogP) is 6.10. The zero-order valence-electron chi connectivity index (χ0n) is 18.3. The normalized spacial score (nSPS) is 13.6. The smallest absolute Gasteiger partial charge is 0.338 e. The van der Waals surface area contributed by atoms with Gasteiger partial charge in [-0.2, -0.15) is 0 Å². The van der Waals surface area contributed by atoms with E-state index in [1.54, 1.807) is 48.7 Å². The minimum atomic E-state index is -0.377. The van der Waals surface area contributed by atoms with Crippen molar-refractivity contribution >= 4 is 40.1 Å². The van der Waals surface area contributed by atoms with Gasteiger partial charge in [-0.3, -0.25) is 4.79 Å². The number of hydrogen-bond acceptors (Lipinski definition) is 6. The zero-order chi connectivity index (χ0) is 22.5. The molecule has 3 aromatic rings. The lowest BCUT2D eigenvalue weighted by molar-refractivity contribution is 0.0526. The molecule has 0 aliphatic heterocycles. The molecular formula is C25H26N2O4S. The summed E-state index contributed by atoms with van der Waals surface area (Å²) < 4.78 is 10.6. The Morgan fingerprint density at radius 3 is 2.62 bits per heavy atom. The van der Waals surface area contributed by atoms with E-state index in [4.69, 9.17) is 9.15 Å². The molecule has 2 aromatic heterocycles. The van der Waals surface area contributed by atoms with Crippen LogP contribution < -0.4 is 5.32 Å². The first-order valence-corrected chi connectivity index (χ1v) is 11.7. The van der Waals surface area contributed by atoms with Gasteiger partial charge in [-0.25, -0.2) is 9.79 Å². The van der Waals surface area contributed by atoms with E-state index < -0.39 is 0 Å². The number of carbonyl (C=O) groups excluding carboxylic acids is 2. The van der Waals surface area contributed by atoms with E-state index in [1.807, 2.05) is 19.1 Å². The largest absolute Gasteiger partial charge is 0.462 e. The second-order valence-corrected chi connectivity index (χ2v) is 8.79. The fourth-order valence-corrected chi connectivity index (χ4v) is 5.03. The third kappa shape index (κ3) is 4.99. The molecule has 1 amide bonds. The maximum Gasteiger partial charge on any atom is 0.338 e. The Balaban J connectivity index is 1.60. The highest BCUT2D eigenvalue weighted by Gasteiger charge is 2.24. The lowest BCUT2D eigenvalue weighted by Crippen LogP contribution is -2.14. The molecule has 0 saturated heterocycles. The van der Waals surface area contributed by atoms with E-state index in [1.165, 1.54) is 11.3 Å². The molecule has 0 radical (unpaired) electrons. The summed E-state index contributed by atoms with van der Waals surface area (Å²) in [6.07, 6.45) is 6.89. The molecule has 4 rings (SSSR count). The number of anilines is 1. The van der Waals surface area contributed by atoms with Crippen molar-refractivity contribution in [1.82, 2.24) is 0 Å². The van der Waals surface area contributed by atoms with Gasteiger partial charge in [0.1, 0.15) is 16.5 Å². The Morgan fingerprint density at radius 1 is 1.12 bits per heavy atom. The molecule has 0 spiro atoms. The SMILES string of the molecule is CCOC(=O)c1ccc(NC(=O)c2c(/N=C\c3ccc(C)o3)sc3c2CCCCC3)cc1. The van der Waals surface area contributed by atoms with Gasteiger partial charge in [0.25, 0.3) is 5.91 Å². The highest BCUT2D eigenvalue weighted by molar-refractivity contribution is 7.16. The number of benzene rings is 1. The fourth-order valence-electron chi connectivity index (χ4n) is 3.80. The number of amides is 1. The number of esters is 1. The summed E-state index contributed by atoms with van der Waals surface area (Å²) in [5.41, 5.74) is 2.82. The first kappa shape index (κ1) is 22.0. The van der Waals surface area contributed by atoms with Crippen LogP contribution in [0.4, 0.5) is 10.7 Å². The molecule has 1 N–H and O–H groups in total. The third-order valence-electron chi connectivity index (χ3n) is 5.35. The van der Waals surface area contributed by atoms with Crippen molar-refractivity contribution in [3.8, 4) is 0 Å². The van der Waals surface area contributed by atoms with Crippen LogP contribution in [0, 0.1) is 6.92 Å². The van der Waals surface area contributed by atoms with Gasteiger partial charge >= 0.3 is 5.97 Å². The lowest BCUT2D eigenvalue weighted by atomic mass is 10.0. The van der Waals surface area contributed by atoms with Gasteiger partial charge < -0.3 is 14.5 Å². The molecule has 1 aromatic carbocycles. The van der Waals surface area contributed by atoms with E-state index in [0.717, 1.165) is 37.0 Å². The zero-order valence-corrected chi connectivity index (χ0v) is 19.1. The average molecular weight is 451 g/mol. The highest BCUT2D eigenvalue weighted by atomic mass is 32.1. The van der Waals surface area contributed by atoms with Crippen LogP contribution in [0.15, 0.2) is 45.8 Å². The average Bonchev–Trinajstić information content (AvgIpc) is 3.28. The molecule has 1 aliphatic rings. The summed E-state index contributed by atoms with van der Waals surface area (Å²) in [6, 6.07) is 10.5. The molecule has 0 atom stereocenters. The number of aryl methyl sites for hydroxylation is 2. The molecule has 1 aliphatic carbocycles. The minimum Gasteiger partial charge on any atom is -0.462 e. The molecule has 7 heteroatoms. The van der Waals surface area contributed by atoms with Crippen LogP contribution in [0.2, 0.25) is 0 Å². The number of furan rings is 1. The molecular weight excluding hydrogens is 424 g/mol. The van der Waals surface area contributed by atoms with E-state index in [-0.39, 0.29) is 11.9 Å². The van der Waals surface area contributed by atoms with Crippen molar-refractivity contribution in [2.24, 2.45) is 4.99 Å². The second-order valence-electron chi connectivity index (χ2n) is 7.70. The number of carbonyl (C=O) groups is 2. The van der Waals surface area contributed by atoms with Crippen LogP contribution in [0.3, 0.4) is 0 Å². The van der Waals surface area contributed by atoms with Crippen LogP contribution in [0.25, 0.3) is 0 Å². The molecule has 32 heavy (non-hydrogen) atoms. The summed E-state index contributed by atoms with van der Waals surface area (Å²) >= 11 is 1.59. The summed E-state index contributed by atoms with van der Waals surface area (Å²) in [5, 5.41) is 3.67. The van der Waals surface area contributed by atoms with Gasteiger partial charge in [0.2, 0.25) is 0 Å². The van der Waals surface area contributed by atoms with E-state index >= 15 is 0 Å². The van der Waals surface area contributed by atoms with E-state index in [0.29, 0.717) is 34.2 Å². The van der Waals surface area contributed by atoms with Crippen molar-refractivity contribution in [2.45, 2.75) is 46.0 Å². The highest BCUT2D eigenvalue weighted by Crippen LogP contribution is 2.39. The standard InChI is InChI=1S/C25H26N2O4S/c1-3-30-25(29)17-10-12-18(13-11-17)27-23(28)22-20-7-5-4-6-8-21(20)32-24(22)26-15-19-14-9-16(2)31-19/h9-15H,3-8H2,1-2H3,(H,27,28)/b26-15-. The van der Waals surface area contributed by atoms with Crippen molar-refractivity contribution in [2.75, 3.05) is 11.9 Å². The molecule has 0 bridgehead atoms. The Hall–Kier alpha value is -3.19. The Bertz CT molecular complexity index is 1140. The molecule has 0 fully saturated rings. The van der Waals surface area contributed by atoms with Gasteiger partial charge in [0.15, 0.2) is 0 Å². The second kappa shape index (κ2) is 9.96. The van der Waals surface area contributed by atoms with Crippen molar-refractivity contribution in [3.05, 3.63) is 69.5 Å². The summed E-state index contributed by atoms with van der Waals surface area (Å²) in [6.45, 7) is 3.97. The minimum absolute atomic E-state index is 0.184. The number of nitrogens with zero attached hydrogens (tertiary/aromatic N) is 1. The van der Waals surface area contributed by atoms with E-state index in [2.05, 4.69) is 10.3 Å². The van der Waals surface area contributed by atoms with E-state index in [9.17, 15) is 9.59 Å². The third-order valence-corrected chi connectivity index (χ3v) is 6.55. The molecule has 6 nitrogen and oxygen atoms in total. The fraction of sp³-hybridized carbons (Fsp3) is 0.320. The molecule has 0 saturated carbocycles. The summed E-state index contributed by atoms with van der Waals surface area (Å²) in [5.74, 6) is 0.916. The number of hydrogen-bond donors (Lipinski definition) is 1. The van der Waals surface area contributed by atoms with Crippen molar-refractivity contribution < 1.29 is 18.7 Å². The van der Waals surface area contributed by atoms with Crippen LogP contribution in [0.5, 0.6) is 0 Å². The van der Waals surface area contributed by atoms with Crippen LogP contribution in [-0.2, 0) is 17.6 Å². The Morgan fingerprint density at radius 2 is 1.91 bits per heavy atom. The number of rotatable bonds is 6. The Labute approximate surface area is 191 Å². The van der Waals surface area contributed by atoms with Gasteiger partial charge in [0.05, 0.1) is 23.9 Å². The van der Waals surface area contributed by atoms with Gasteiger partial charge in [0, 0.05) is 10.6 Å². The number of thiophene rings is 1. The van der Waals surface area contributed by atoms with Gasteiger partial charge in [-0.1, -0.05) is 6.42 Å². The van der Waals surface area contributed by atoms with Gasteiger partial charge in [-0.15, -0.1) is 11.3 Å². The maximum atomic E-state index is 13.3. The van der Waals surface area contributed by atoms with Crippen molar-refractivity contribution in [1.29, 1.82) is 0 Å². The predicted molar refractivity (Wildman–Crippen MR) is 127 cm³/mol. The molecule has 0 unspecified atom stereocenters. The van der Waals surface area contributed by atoms with Crippen molar-refractivity contribution in [3.63, 3.8) is 0 Å². The summed E-state index contributed by atoms with van der Waals surface area (Å²) in [4.78, 5) is 31.1. The maximum absolute atomic E-state index is 13.3. The van der Waals surface area contributed by atoms with Crippen LogP contribution in [-0.4, -0.2) is 24.7 Å². The Kier molecular flexibility index (Phi) is 6.85. The summed E-state index contributed by atoms with van der Waals surface area (Å²) in [7, 11) is 0. The number of nitrogens with one attached hydrogen (secondary N) is 1. The van der Waals surface area contributed by atoms with Crippen LogP contribution >= 0.6 is 11.3 Å². The number of fused-ring (bicyclic) bond motifs is 1. The monoisotopic (exact) mass is 450 g/mol. The molecule has 2 heterocycles. The number of aliphatic imine (C=N–C) groups is 1. The topological polar surface area (TPSA) is 80.9 Å². The molecule has 166 valence electrons. The van der Waals surface area contributed by atoms with Crippen LogP contribution in [0.1, 0.15) is 68.9 Å². The number of ether oxygens (including phenoxy) is 1. The first-order valence-electron chi connectivity index (χ1n) is 10.9. The first-order chi connectivity index (χ1) is 15.5. The quantitative estimate of drug-likeness (QED) is 0.280.